The molecular weight excluding hydrogens is 328 g/mol. The molecule has 1 aliphatic rings. The normalized spacial score (nSPS) is 15.2. The highest BCUT2D eigenvalue weighted by Gasteiger charge is 2.21. The van der Waals surface area contributed by atoms with Gasteiger partial charge in [-0.3, -0.25) is 0 Å². The van der Waals surface area contributed by atoms with Crippen LogP contribution >= 0.6 is 11.6 Å². The van der Waals surface area contributed by atoms with Crippen LogP contribution in [0.3, 0.4) is 0 Å². The Morgan fingerprint density at radius 1 is 1.08 bits per heavy atom. The molecule has 1 aliphatic heterocycles. The molecule has 2 aromatic rings. The smallest absolute Gasteiger partial charge is 0.343 e. The molecule has 5 heteroatoms. The van der Waals surface area contributed by atoms with Gasteiger partial charge in [0.15, 0.2) is 0 Å². The highest BCUT2D eigenvalue weighted by Crippen LogP contribution is 2.28. The van der Waals surface area contributed by atoms with Crippen LogP contribution in [0.2, 0.25) is 5.02 Å². The summed E-state index contributed by atoms with van der Waals surface area (Å²) in [6, 6.07) is 13.8. The van der Waals surface area contributed by atoms with Gasteiger partial charge in [0.2, 0.25) is 0 Å². The fourth-order valence-electron chi connectivity index (χ4n) is 2.26. The van der Waals surface area contributed by atoms with Crippen LogP contribution in [0, 0.1) is 0 Å². The molecule has 0 N–H and O–H groups in total. The quantitative estimate of drug-likeness (QED) is 0.623. The van der Waals surface area contributed by atoms with E-state index < -0.39 is 11.9 Å². The molecule has 0 amide bonds. The van der Waals surface area contributed by atoms with Gasteiger partial charge in [0.05, 0.1) is 18.2 Å². The molecule has 4 nitrogen and oxygen atoms in total. The van der Waals surface area contributed by atoms with Gasteiger partial charge in [-0.1, -0.05) is 23.7 Å². The van der Waals surface area contributed by atoms with Crippen LogP contribution in [0.5, 0.6) is 0 Å². The summed E-state index contributed by atoms with van der Waals surface area (Å²) in [4.78, 5) is 23.4. The van der Waals surface area contributed by atoms with Crippen molar-refractivity contribution in [3.63, 3.8) is 0 Å². The Hall–Kier alpha value is -2.85. The number of methoxy groups -OCH3 is 1. The monoisotopic (exact) mass is 340 g/mol. The van der Waals surface area contributed by atoms with Crippen LogP contribution in [0.1, 0.15) is 21.5 Å². The highest BCUT2D eigenvalue weighted by molar-refractivity contribution is 6.30. The summed E-state index contributed by atoms with van der Waals surface area (Å²) in [6.07, 6.45) is 3.38. The van der Waals surface area contributed by atoms with Gasteiger partial charge in [0, 0.05) is 10.6 Å². The van der Waals surface area contributed by atoms with E-state index in [9.17, 15) is 9.59 Å². The first-order valence-corrected chi connectivity index (χ1v) is 7.54. The standard InChI is InChI=1S/C19H13ClO4/c1-23-18(21)14-4-2-12(3-5-14)10-15-11-17(24-19(15)22)13-6-8-16(20)9-7-13/h2-11H,1H3/b15-10+. The maximum Gasteiger partial charge on any atom is 0.343 e. The molecular formula is C19H13ClO4. The van der Waals surface area contributed by atoms with Crippen molar-refractivity contribution >= 4 is 35.4 Å². The van der Waals surface area contributed by atoms with Crippen LogP contribution in [-0.4, -0.2) is 19.0 Å². The number of ether oxygens (including phenoxy) is 2. The zero-order valence-corrected chi connectivity index (χ0v) is 13.5. The largest absolute Gasteiger partial charge is 0.465 e. The van der Waals surface area contributed by atoms with Gasteiger partial charge in [-0.05, 0) is 54.1 Å². The molecule has 0 aliphatic carbocycles. The third-order valence-electron chi connectivity index (χ3n) is 3.51. The third-order valence-corrected chi connectivity index (χ3v) is 3.76. The number of hydrogen-bond acceptors (Lipinski definition) is 4. The van der Waals surface area contributed by atoms with Crippen molar-refractivity contribution in [2.24, 2.45) is 0 Å². The Morgan fingerprint density at radius 2 is 1.75 bits per heavy atom. The maximum absolute atomic E-state index is 12.0. The lowest BCUT2D eigenvalue weighted by atomic mass is 10.1. The zero-order chi connectivity index (χ0) is 17.1. The van der Waals surface area contributed by atoms with Gasteiger partial charge >= 0.3 is 11.9 Å². The van der Waals surface area contributed by atoms with Crippen molar-refractivity contribution in [1.29, 1.82) is 0 Å². The number of carbonyl (C=O) groups is 2. The number of hydrogen-bond donors (Lipinski definition) is 0. The van der Waals surface area contributed by atoms with Gasteiger partial charge in [-0.2, -0.15) is 0 Å². The van der Waals surface area contributed by atoms with Gasteiger partial charge in [0.1, 0.15) is 5.76 Å². The average Bonchev–Trinajstić information content (AvgIpc) is 2.96. The van der Waals surface area contributed by atoms with Gasteiger partial charge in [-0.25, -0.2) is 9.59 Å². The van der Waals surface area contributed by atoms with E-state index in [0.29, 0.717) is 21.9 Å². The Morgan fingerprint density at radius 3 is 2.38 bits per heavy atom. The molecule has 24 heavy (non-hydrogen) atoms. The number of halogens is 1. The minimum atomic E-state index is -0.419. The Labute approximate surface area is 144 Å². The predicted molar refractivity (Wildman–Crippen MR) is 91.3 cm³/mol. The molecule has 2 aromatic carbocycles. The first-order chi connectivity index (χ1) is 11.6. The lowest BCUT2D eigenvalue weighted by molar-refractivity contribution is -0.130. The molecule has 0 fully saturated rings. The topological polar surface area (TPSA) is 52.6 Å². The van der Waals surface area contributed by atoms with Crippen molar-refractivity contribution in [3.05, 3.63) is 81.9 Å². The highest BCUT2D eigenvalue weighted by atomic mass is 35.5. The van der Waals surface area contributed by atoms with Gasteiger partial charge in [-0.15, -0.1) is 0 Å². The Kier molecular flexibility index (Phi) is 4.49. The second-order valence-electron chi connectivity index (χ2n) is 5.12. The van der Waals surface area contributed by atoms with Crippen molar-refractivity contribution in [2.75, 3.05) is 7.11 Å². The summed E-state index contributed by atoms with van der Waals surface area (Å²) in [7, 11) is 1.33. The molecule has 0 saturated carbocycles. The average molecular weight is 341 g/mol. The molecule has 0 spiro atoms. The van der Waals surface area contributed by atoms with Crippen LogP contribution in [0.15, 0.2) is 60.2 Å². The van der Waals surface area contributed by atoms with Crippen LogP contribution in [0.4, 0.5) is 0 Å². The summed E-state index contributed by atoms with van der Waals surface area (Å²) in [5, 5.41) is 0.616. The fourth-order valence-corrected chi connectivity index (χ4v) is 2.38. The molecule has 3 rings (SSSR count). The molecule has 0 saturated heterocycles. The maximum atomic E-state index is 12.0. The SMILES string of the molecule is COC(=O)c1ccc(/C=C2\C=C(c3ccc(Cl)cc3)OC2=O)cc1. The summed E-state index contributed by atoms with van der Waals surface area (Å²) in [6.45, 7) is 0. The Bertz CT molecular complexity index is 846. The molecule has 120 valence electrons. The zero-order valence-electron chi connectivity index (χ0n) is 12.8. The van der Waals surface area contributed by atoms with Gasteiger partial charge < -0.3 is 9.47 Å². The van der Waals surface area contributed by atoms with Crippen molar-refractivity contribution in [3.8, 4) is 0 Å². The Balaban J connectivity index is 1.85. The van der Waals surface area contributed by atoms with E-state index in [0.717, 1.165) is 11.1 Å². The van der Waals surface area contributed by atoms with E-state index in [1.165, 1.54) is 7.11 Å². The first kappa shape index (κ1) is 16.0. The number of rotatable bonds is 3. The van der Waals surface area contributed by atoms with Crippen molar-refractivity contribution < 1.29 is 19.1 Å². The summed E-state index contributed by atoms with van der Waals surface area (Å²) >= 11 is 5.86. The molecule has 1 heterocycles. The molecule has 0 aromatic heterocycles. The lowest BCUT2D eigenvalue weighted by Crippen LogP contribution is -2.00. The molecule has 0 atom stereocenters. The fraction of sp³-hybridized carbons (Fsp3) is 0.0526. The number of cyclic esters (lactones) is 1. The minimum Gasteiger partial charge on any atom is -0.465 e. The van der Waals surface area contributed by atoms with Crippen molar-refractivity contribution in [2.45, 2.75) is 0 Å². The second-order valence-corrected chi connectivity index (χ2v) is 5.55. The summed E-state index contributed by atoms with van der Waals surface area (Å²) < 4.78 is 9.94. The molecule has 0 radical (unpaired) electrons. The van der Waals surface area contributed by atoms with Crippen LogP contribution in [0.25, 0.3) is 11.8 Å². The van der Waals surface area contributed by atoms with E-state index in [-0.39, 0.29) is 0 Å². The van der Waals surface area contributed by atoms with E-state index >= 15 is 0 Å². The van der Waals surface area contributed by atoms with E-state index in [1.54, 1.807) is 60.7 Å². The predicted octanol–water partition coefficient (Wildman–Crippen LogP) is 4.11. The number of carbonyl (C=O) groups excluding carboxylic acids is 2. The second kappa shape index (κ2) is 6.72. The minimum absolute atomic E-state index is 0.403. The lowest BCUT2D eigenvalue weighted by Gasteiger charge is -2.01. The molecule has 0 unspecified atom stereocenters. The van der Waals surface area contributed by atoms with Crippen molar-refractivity contribution in [1.82, 2.24) is 0 Å². The van der Waals surface area contributed by atoms with E-state index in [2.05, 4.69) is 4.74 Å². The van der Waals surface area contributed by atoms with Crippen LogP contribution < -0.4 is 0 Å². The first-order valence-electron chi connectivity index (χ1n) is 7.17. The third kappa shape index (κ3) is 3.39. The van der Waals surface area contributed by atoms with E-state index in [1.807, 2.05) is 0 Å². The summed E-state index contributed by atoms with van der Waals surface area (Å²) in [5.41, 5.74) is 2.44. The van der Waals surface area contributed by atoms with Gasteiger partial charge in [0.25, 0.3) is 0 Å². The number of benzene rings is 2. The summed E-state index contributed by atoms with van der Waals surface area (Å²) in [5.74, 6) is -0.342. The number of esters is 2. The molecule has 0 bridgehead atoms. The van der Waals surface area contributed by atoms with E-state index in [4.69, 9.17) is 16.3 Å². The van der Waals surface area contributed by atoms with Crippen LogP contribution in [-0.2, 0) is 14.3 Å².